The number of nitrogens with one attached hydrogen (secondary N) is 2. The van der Waals surface area contributed by atoms with Crippen LogP contribution in [0.2, 0.25) is 0 Å². The van der Waals surface area contributed by atoms with Crippen LogP contribution in [0.3, 0.4) is 0 Å². The summed E-state index contributed by atoms with van der Waals surface area (Å²) in [6, 6.07) is 8.76. The largest absolute Gasteiger partial charge is 0.321 e. The van der Waals surface area contributed by atoms with Crippen LogP contribution in [0.4, 0.5) is 11.5 Å². The van der Waals surface area contributed by atoms with Crippen molar-refractivity contribution in [3.63, 3.8) is 0 Å². The van der Waals surface area contributed by atoms with Crippen LogP contribution in [0.1, 0.15) is 23.2 Å². The Morgan fingerprint density at radius 3 is 2.56 bits per heavy atom. The summed E-state index contributed by atoms with van der Waals surface area (Å²) in [5.74, 6) is 0.102. The van der Waals surface area contributed by atoms with Crippen LogP contribution in [0.5, 0.6) is 0 Å². The number of rotatable bonds is 5. The standard InChI is InChI=1S/C20H17N5O2/c26-19(13-3-4-13)25-18-9-14(5-7-23-18)20(27)24-17-8-16(11-22-12-17)15-2-1-6-21-10-15/h1-2,5-13H,3-4H2,(H,24,27)(H,23,25,26). The smallest absolute Gasteiger partial charge is 0.255 e. The van der Waals surface area contributed by atoms with Gasteiger partial charge in [-0.25, -0.2) is 4.98 Å². The third-order valence-electron chi connectivity index (χ3n) is 4.21. The molecule has 1 aliphatic rings. The first-order valence-corrected chi connectivity index (χ1v) is 8.63. The fraction of sp³-hybridized carbons (Fsp3) is 0.150. The van der Waals surface area contributed by atoms with Gasteiger partial charge >= 0.3 is 0 Å². The zero-order chi connectivity index (χ0) is 18.6. The number of aromatic nitrogens is 3. The first kappa shape index (κ1) is 16.8. The molecule has 0 saturated heterocycles. The van der Waals surface area contributed by atoms with E-state index in [1.807, 2.05) is 18.2 Å². The molecule has 0 radical (unpaired) electrons. The van der Waals surface area contributed by atoms with E-state index in [1.54, 1.807) is 36.9 Å². The topological polar surface area (TPSA) is 96.9 Å². The molecular weight excluding hydrogens is 342 g/mol. The highest BCUT2D eigenvalue weighted by molar-refractivity contribution is 6.05. The fourth-order valence-electron chi connectivity index (χ4n) is 2.62. The van der Waals surface area contributed by atoms with E-state index in [0.717, 1.165) is 24.0 Å². The number of pyridine rings is 3. The first-order valence-electron chi connectivity index (χ1n) is 8.63. The average molecular weight is 359 g/mol. The summed E-state index contributed by atoms with van der Waals surface area (Å²) in [6.07, 6.45) is 10.0. The molecule has 7 nitrogen and oxygen atoms in total. The number of nitrogens with zero attached hydrogens (tertiary/aromatic N) is 3. The zero-order valence-electron chi connectivity index (χ0n) is 14.4. The maximum atomic E-state index is 12.6. The van der Waals surface area contributed by atoms with Crippen LogP contribution in [0, 0.1) is 5.92 Å². The number of carbonyl (C=O) groups is 2. The summed E-state index contributed by atoms with van der Waals surface area (Å²) < 4.78 is 0. The van der Waals surface area contributed by atoms with Crippen LogP contribution in [0.15, 0.2) is 61.3 Å². The van der Waals surface area contributed by atoms with Crippen molar-refractivity contribution in [3.8, 4) is 11.1 Å². The Morgan fingerprint density at radius 2 is 1.78 bits per heavy atom. The van der Waals surface area contributed by atoms with Gasteiger partial charge in [-0.15, -0.1) is 0 Å². The molecule has 3 aromatic heterocycles. The van der Waals surface area contributed by atoms with E-state index in [4.69, 9.17) is 0 Å². The molecule has 1 saturated carbocycles. The maximum Gasteiger partial charge on any atom is 0.255 e. The summed E-state index contributed by atoms with van der Waals surface area (Å²) in [7, 11) is 0. The van der Waals surface area contributed by atoms with E-state index in [1.165, 1.54) is 6.20 Å². The lowest BCUT2D eigenvalue weighted by Gasteiger charge is -2.08. The van der Waals surface area contributed by atoms with E-state index in [2.05, 4.69) is 25.6 Å². The number of hydrogen-bond donors (Lipinski definition) is 2. The van der Waals surface area contributed by atoms with Crippen molar-refractivity contribution < 1.29 is 9.59 Å². The van der Waals surface area contributed by atoms with Gasteiger partial charge in [0.1, 0.15) is 5.82 Å². The molecule has 0 aromatic carbocycles. The maximum absolute atomic E-state index is 12.6. The average Bonchev–Trinajstić information content (AvgIpc) is 3.54. The molecule has 0 atom stereocenters. The molecule has 0 aliphatic heterocycles. The number of carbonyl (C=O) groups excluding carboxylic acids is 2. The first-order chi connectivity index (χ1) is 13.2. The van der Waals surface area contributed by atoms with Crippen LogP contribution < -0.4 is 10.6 Å². The van der Waals surface area contributed by atoms with Crippen molar-refractivity contribution in [1.29, 1.82) is 0 Å². The third kappa shape index (κ3) is 4.14. The Hall–Kier alpha value is -3.61. The van der Waals surface area contributed by atoms with E-state index in [-0.39, 0.29) is 17.7 Å². The van der Waals surface area contributed by atoms with Gasteiger partial charge < -0.3 is 10.6 Å². The Morgan fingerprint density at radius 1 is 0.926 bits per heavy atom. The predicted octanol–water partition coefficient (Wildman–Crippen LogP) is 3.14. The Kier molecular flexibility index (Phi) is 4.57. The minimum absolute atomic E-state index is 0.0478. The summed E-state index contributed by atoms with van der Waals surface area (Å²) in [5.41, 5.74) is 2.74. The van der Waals surface area contributed by atoms with Gasteiger partial charge in [-0.05, 0) is 37.1 Å². The molecule has 2 N–H and O–H groups in total. The molecule has 134 valence electrons. The van der Waals surface area contributed by atoms with Crippen LogP contribution in [-0.4, -0.2) is 26.8 Å². The second-order valence-corrected chi connectivity index (χ2v) is 6.35. The molecule has 3 aromatic rings. The number of anilines is 2. The fourth-order valence-corrected chi connectivity index (χ4v) is 2.62. The Balaban J connectivity index is 1.48. The molecule has 3 heterocycles. The summed E-state index contributed by atoms with van der Waals surface area (Å²) in [5, 5.41) is 5.57. The second kappa shape index (κ2) is 7.33. The highest BCUT2D eigenvalue weighted by Crippen LogP contribution is 2.30. The van der Waals surface area contributed by atoms with Crippen LogP contribution in [-0.2, 0) is 4.79 Å². The lowest BCUT2D eigenvalue weighted by atomic mass is 10.1. The highest BCUT2D eigenvalue weighted by Gasteiger charge is 2.29. The molecule has 1 aliphatic carbocycles. The van der Waals surface area contributed by atoms with Crippen LogP contribution in [0.25, 0.3) is 11.1 Å². The van der Waals surface area contributed by atoms with E-state index >= 15 is 0 Å². The van der Waals surface area contributed by atoms with Gasteiger partial charge in [0.15, 0.2) is 0 Å². The summed E-state index contributed by atoms with van der Waals surface area (Å²) >= 11 is 0. The van der Waals surface area contributed by atoms with Crippen molar-refractivity contribution in [2.45, 2.75) is 12.8 Å². The van der Waals surface area contributed by atoms with E-state index < -0.39 is 0 Å². The summed E-state index contributed by atoms with van der Waals surface area (Å²) in [4.78, 5) is 36.8. The van der Waals surface area contributed by atoms with Crippen molar-refractivity contribution >= 4 is 23.3 Å². The van der Waals surface area contributed by atoms with Gasteiger partial charge in [0.2, 0.25) is 5.91 Å². The molecule has 0 unspecified atom stereocenters. The van der Waals surface area contributed by atoms with Gasteiger partial charge in [-0.3, -0.25) is 19.6 Å². The Labute approximate surface area is 155 Å². The monoisotopic (exact) mass is 359 g/mol. The lowest BCUT2D eigenvalue weighted by molar-refractivity contribution is -0.117. The number of hydrogen-bond acceptors (Lipinski definition) is 5. The van der Waals surface area contributed by atoms with Crippen molar-refractivity contribution in [2.24, 2.45) is 5.92 Å². The lowest BCUT2D eigenvalue weighted by Crippen LogP contribution is -2.16. The number of amides is 2. The van der Waals surface area contributed by atoms with Gasteiger partial charge in [0.05, 0.1) is 11.9 Å². The minimum atomic E-state index is -0.301. The SMILES string of the molecule is O=C(Nc1cncc(-c2cccnc2)c1)c1ccnc(NC(=O)C2CC2)c1. The molecule has 2 amide bonds. The van der Waals surface area contributed by atoms with Gasteiger partial charge in [0.25, 0.3) is 5.91 Å². The molecule has 0 spiro atoms. The van der Waals surface area contributed by atoms with Crippen molar-refractivity contribution in [3.05, 3.63) is 66.9 Å². The van der Waals surface area contributed by atoms with Gasteiger partial charge in [-0.1, -0.05) is 6.07 Å². The highest BCUT2D eigenvalue weighted by atomic mass is 16.2. The second-order valence-electron chi connectivity index (χ2n) is 6.35. The van der Waals surface area contributed by atoms with Crippen molar-refractivity contribution in [1.82, 2.24) is 15.0 Å². The predicted molar refractivity (Wildman–Crippen MR) is 101 cm³/mol. The molecule has 27 heavy (non-hydrogen) atoms. The van der Waals surface area contributed by atoms with Crippen molar-refractivity contribution in [2.75, 3.05) is 10.6 Å². The normalized spacial score (nSPS) is 13.0. The van der Waals surface area contributed by atoms with E-state index in [0.29, 0.717) is 17.1 Å². The molecular formula is C20H17N5O2. The minimum Gasteiger partial charge on any atom is -0.321 e. The molecule has 4 rings (SSSR count). The van der Waals surface area contributed by atoms with Gasteiger partial charge in [0, 0.05) is 47.4 Å². The molecule has 7 heteroatoms. The third-order valence-corrected chi connectivity index (χ3v) is 4.21. The molecule has 0 bridgehead atoms. The molecule has 1 fully saturated rings. The van der Waals surface area contributed by atoms with E-state index in [9.17, 15) is 9.59 Å². The zero-order valence-corrected chi connectivity index (χ0v) is 14.4. The Bertz CT molecular complexity index is 986. The quantitative estimate of drug-likeness (QED) is 0.729. The van der Waals surface area contributed by atoms with Crippen LogP contribution >= 0.6 is 0 Å². The summed E-state index contributed by atoms with van der Waals surface area (Å²) in [6.45, 7) is 0. The van der Waals surface area contributed by atoms with Gasteiger partial charge in [-0.2, -0.15) is 0 Å².